The number of benzene rings is 1. The summed E-state index contributed by atoms with van der Waals surface area (Å²) in [6, 6.07) is 9.23. The molecule has 148 valence electrons. The smallest absolute Gasteiger partial charge is 0.380 e. The van der Waals surface area contributed by atoms with Gasteiger partial charge in [-0.2, -0.15) is 13.2 Å². The van der Waals surface area contributed by atoms with Crippen molar-refractivity contribution in [1.29, 1.82) is 0 Å². The number of halogens is 3. The standard InChI is InChI=1S/C17H24F3NO4S/c1-25-15(12-14-6-3-2-4-7-14)13-26(23,24)21-10-5-8-16(22,9-11-21)17(18,19)20/h2-4,6-7,15,22H,5,8-13H2,1H3. The first-order chi connectivity index (χ1) is 12.1. The molecule has 0 bridgehead atoms. The van der Waals surface area contributed by atoms with Crippen molar-refractivity contribution in [2.45, 2.75) is 43.6 Å². The highest BCUT2D eigenvalue weighted by molar-refractivity contribution is 7.89. The summed E-state index contributed by atoms with van der Waals surface area (Å²) in [5.41, 5.74) is -1.92. The van der Waals surface area contributed by atoms with E-state index in [9.17, 15) is 26.7 Å². The third-order valence-corrected chi connectivity index (χ3v) is 6.67. The van der Waals surface area contributed by atoms with Crippen molar-refractivity contribution in [3.63, 3.8) is 0 Å². The summed E-state index contributed by atoms with van der Waals surface area (Å²) in [6.07, 6.45) is -6.20. The first-order valence-corrected chi connectivity index (χ1v) is 10.0. The zero-order valence-electron chi connectivity index (χ0n) is 14.6. The van der Waals surface area contributed by atoms with Gasteiger partial charge in [0.05, 0.1) is 11.9 Å². The van der Waals surface area contributed by atoms with Crippen LogP contribution >= 0.6 is 0 Å². The zero-order valence-corrected chi connectivity index (χ0v) is 15.4. The SMILES string of the molecule is COC(Cc1ccccc1)CS(=O)(=O)N1CCCC(O)(C(F)(F)F)CC1. The van der Waals surface area contributed by atoms with Crippen molar-refractivity contribution in [3.8, 4) is 0 Å². The molecule has 1 heterocycles. The maximum atomic E-state index is 13.0. The van der Waals surface area contributed by atoms with Crippen LogP contribution in [0.4, 0.5) is 13.2 Å². The van der Waals surface area contributed by atoms with Crippen molar-refractivity contribution in [3.05, 3.63) is 35.9 Å². The van der Waals surface area contributed by atoms with E-state index in [0.29, 0.717) is 6.42 Å². The number of methoxy groups -OCH3 is 1. The number of nitrogens with zero attached hydrogens (tertiary/aromatic N) is 1. The minimum absolute atomic E-state index is 0.0392. The molecule has 2 unspecified atom stereocenters. The van der Waals surface area contributed by atoms with Gasteiger partial charge in [0, 0.05) is 20.2 Å². The molecule has 0 spiro atoms. The van der Waals surface area contributed by atoms with Crippen molar-refractivity contribution in [2.75, 3.05) is 26.0 Å². The Balaban J connectivity index is 2.04. The number of ether oxygens (including phenoxy) is 1. The van der Waals surface area contributed by atoms with Gasteiger partial charge in [0.1, 0.15) is 0 Å². The first kappa shape index (κ1) is 21.1. The maximum Gasteiger partial charge on any atom is 0.417 e. The lowest BCUT2D eigenvalue weighted by Gasteiger charge is -2.29. The Bertz CT molecular complexity index is 681. The Hall–Kier alpha value is -1.16. The molecule has 1 aliphatic rings. The summed E-state index contributed by atoms with van der Waals surface area (Å²) < 4.78 is 70.6. The van der Waals surface area contributed by atoms with Gasteiger partial charge in [0.2, 0.25) is 10.0 Å². The highest BCUT2D eigenvalue weighted by Crippen LogP contribution is 2.38. The molecular weight excluding hydrogens is 371 g/mol. The molecule has 1 saturated heterocycles. The Morgan fingerprint density at radius 1 is 1.23 bits per heavy atom. The van der Waals surface area contributed by atoms with E-state index in [1.807, 2.05) is 30.3 Å². The summed E-state index contributed by atoms with van der Waals surface area (Å²) in [6.45, 7) is -0.400. The van der Waals surface area contributed by atoms with Gasteiger partial charge in [-0.25, -0.2) is 12.7 Å². The number of alkyl halides is 3. The fourth-order valence-electron chi connectivity index (χ4n) is 3.08. The fourth-order valence-corrected chi connectivity index (χ4v) is 4.79. The predicted octanol–water partition coefficient (Wildman–Crippen LogP) is 2.35. The zero-order chi connectivity index (χ0) is 19.4. The van der Waals surface area contributed by atoms with Crippen molar-refractivity contribution in [2.24, 2.45) is 0 Å². The van der Waals surface area contributed by atoms with Crippen LogP contribution < -0.4 is 0 Å². The van der Waals surface area contributed by atoms with Crippen molar-refractivity contribution < 1.29 is 31.4 Å². The maximum absolute atomic E-state index is 13.0. The minimum Gasteiger partial charge on any atom is -0.380 e. The van der Waals surface area contributed by atoms with Crippen LogP contribution in [0.15, 0.2) is 30.3 Å². The number of sulfonamides is 1. The molecule has 0 amide bonds. The summed E-state index contributed by atoms with van der Waals surface area (Å²) in [5, 5.41) is 9.82. The second-order valence-corrected chi connectivity index (χ2v) is 8.62. The lowest BCUT2D eigenvalue weighted by Crippen LogP contribution is -2.46. The fraction of sp³-hybridized carbons (Fsp3) is 0.647. The van der Waals surface area contributed by atoms with E-state index in [1.54, 1.807) is 0 Å². The molecule has 5 nitrogen and oxygen atoms in total. The van der Waals surface area contributed by atoms with Crippen LogP contribution in [-0.2, 0) is 21.2 Å². The van der Waals surface area contributed by atoms with Crippen LogP contribution in [0, 0.1) is 0 Å². The van der Waals surface area contributed by atoms with E-state index >= 15 is 0 Å². The van der Waals surface area contributed by atoms with Gasteiger partial charge in [-0.15, -0.1) is 0 Å². The molecule has 2 rings (SSSR count). The average Bonchev–Trinajstić information content (AvgIpc) is 2.78. The van der Waals surface area contributed by atoms with Crippen LogP contribution in [0.3, 0.4) is 0 Å². The number of hydrogen-bond donors (Lipinski definition) is 1. The van der Waals surface area contributed by atoms with Crippen LogP contribution in [-0.4, -0.2) is 61.7 Å². The van der Waals surface area contributed by atoms with Gasteiger partial charge >= 0.3 is 6.18 Å². The van der Waals surface area contributed by atoms with E-state index in [-0.39, 0.29) is 25.3 Å². The minimum atomic E-state index is -4.77. The first-order valence-electron chi connectivity index (χ1n) is 8.41. The Morgan fingerprint density at radius 3 is 2.46 bits per heavy atom. The monoisotopic (exact) mass is 395 g/mol. The second kappa shape index (κ2) is 8.24. The topological polar surface area (TPSA) is 66.8 Å². The Labute approximate surface area is 151 Å². The van der Waals surface area contributed by atoms with E-state index in [0.717, 1.165) is 9.87 Å². The van der Waals surface area contributed by atoms with Gasteiger partial charge in [0.15, 0.2) is 5.60 Å². The number of rotatable bonds is 6. The van der Waals surface area contributed by atoms with Crippen molar-refractivity contribution >= 4 is 10.0 Å². The van der Waals surface area contributed by atoms with Gasteiger partial charge in [-0.3, -0.25) is 0 Å². The van der Waals surface area contributed by atoms with E-state index < -0.39 is 40.7 Å². The summed E-state index contributed by atoms with van der Waals surface area (Å²) in [5.74, 6) is -0.317. The molecule has 9 heteroatoms. The van der Waals surface area contributed by atoms with Gasteiger partial charge in [-0.05, 0) is 31.2 Å². The van der Waals surface area contributed by atoms with Crippen LogP contribution in [0.2, 0.25) is 0 Å². The third kappa shape index (κ3) is 5.18. The number of hydrogen-bond acceptors (Lipinski definition) is 4. The molecular formula is C17H24F3NO4S. The summed E-state index contributed by atoms with van der Waals surface area (Å²) >= 11 is 0. The van der Waals surface area contributed by atoms with Crippen molar-refractivity contribution in [1.82, 2.24) is 4.31 Å². The Morgan fingerprint density at radius 2 is 1.88 bits per heavy atom. The predicted molar refractivity (Wildman–Crippen MR) is 91.2 cm³/mol. The molecule has 0 aliphatic carbocycles. The Kier molecular flexibility index (Phi) is 6.70. The van der Waals surface area contributed by atoms with Gasteiger partial charge < -0.3 is 9.84 Å². The molecule has 1 N–H and O–H groups in total. The van der Waals surface area contributed by atoms with Gasteiger partial charge in [0.25, 0.3) is 0 Å². The third-order valence-electron chi connectivity index (χ3n) is 4.73. The highest BCUT2D eigenvalue weighted by atomic mass is 32.2. The molecule has 1 aromatic rings. The van der Waals surface area contributed by atoms with E-state index in [1.165, 1.54) is 7.11 Å². The molecule has 1 aliphatic heterocycles. The lowest BCUT2D eigenvalue weighted by atomic mass is 9.94. The molecule has 2 atom stereocenters. The molecule has 0 radical (unpaired) electrons. The highest BCUT2D eigenvalue weighted by Gasteiger charge is 2.54. The second-order valence-electron chi connectivity index (χ2n) is 6.61. The molecule has 1 fully saturated rings. The van der Waals surface area contributed by atoms with Crippen LogP contribution in [0.1, 0.15) is 24.8 Å². The lowest BCUT2D eigenvalue weighted by molar-refractivity contribution is -0.263. The van der Waals surface area contributed by atoms with E-state index in [4.69, 9.17) is 4.74 Å². The summed E-state index contributed by atoms with van der Waals surface area (Å²) in [4.78, 5) is 0. The number of aliphatic hydroxyl groups is 1. The van der Waals surface area contributed by atoms with Crippen LogP contribution in [0.5, 0.6) is 0 Å². The molecule has 26 heavy (non-hydrogen) atoms. The summed E-state index contributed by atoms with van der Waals surface area (Å²) in [7, 11) is -2.39. The van der Waals surface area contributed by atoms with Crippen LogP contribution in [0.25, 0.3) is 0 Å². The molecule has 0 saturated carbocycles. The quantitative estimate of drug-likeness (QED) is 0.803. The largest absolute Gasteiger partial charge is 0.417 e. The van der Waals surface area contributed by atoms with Gasteiger partial charge in [-0.1, -0.05) is 30.3 Å². The molecule has 1 aromatic carbocycles. The normalized spacial score (nSPS) is 24.2. The van der Waals surface area contributed by atoms with E-state index in [2.05, 4.69) is 0 Å². The molecule has 0 aromatic heterocycles. The average molecular weight is 395 g/mol.